The number of thiophene rings is 1. The van der Waals surface area contributed by atoms with Crippen molar-refractivity contribution in [2.24, 2.45) is 0 Å². The lowest BCUT2D eigenvalue weighted by molar-refractivity contribution is -0.136. The predicted molar refractivity (Wildman–Crippen MR) is 111 cm³/mol. The first-order valence-corrected chi connectivity index (χ1v) is 9.69. The number of hydrogen-bond donors (Lipinski definition) is 1. The average Bonchev–Trinajstić information content (AvgIpc) is 3.13. The maximum atomic E-state index is 13.3. The van der Waals surface area contributed by atoms with E-state index in [9.17, 15) is 13.2 Å². The Balaban J connectivity index is 1.79. The quantitative estimate of drug-likeness (QED) is 0.389. The van der Waals surface area contributed by atoms with Gasteiger partial charge >= 0.3 is 6.18 Å². The van der Waals surface area contributed by atoms with Crippen LogP contribution in [0.1, 0.15) is 11.1 Å². The molecule has 0 fully saturated rings. The highest BCUT2D eigenvalue weighted by Gasteiger charge is 2.33. The Kier molecular flexibility index (Phi) is 4.92. The Morgan fingerprint density at radius 1 is 1.07 bits per heavy atom. The number of aromatic nitrogens is 1. The van der Waals surface area contributed by atoms with Gasteiger partial charge in [-0.3, -0.25) is 4.98 Å². The lowest BCUT2D eigenvalue weighted by Crippen LogP contribution is -2.07. The van der Waals surface area contributed by atoms with Crippen LogP contribution in [0.5, 0.6) is 5.75 Å². The van der Waals surface area contributed by atoms with Crippen LogP contribution in [0, 0.1) is 6.92 Å². The van der Waals surface area contributed by atoms with Gasteiger partial charge in [-0.25, -0.2) is 0 Å². The maximum Gasteiger partial charge on any atom is 0.418 e. The van der Waals surface area contributed by atoms with Crippen molar-refractivity contribution in [3.63, 3.8) is 0 Å². The van der Waals surface area contributed by atoms with Crippen LogP contribution in [0.25, 0.3) is 21.3 Å². The minimum atomic E-state index is -4.47. The van der Waals surface area contributed by atoms with Crippen molar-refractivity contribution in [3.8, 4) is 16.2 Å². The molecule has 0 aliphatic rings. The number of ether oxygens (including phenoxy) is 1. The monoisotopic (exact) mass is 414 g/mol. The summed E-state index contributed by atoms with van der Waals surface area (Å²) in [6, 6.07) is 13.5. The van der Waals surface area contributed by atoms with E-state index in [2.05, 4.69) is 21.7 Å². The number of aryl methyl sites for hydroxylation is 1. The Bertz CT molecular complexity index is 1180. The summed E-state index contributed by atoms with van der Waals surface area (Å²) in [5.74, 6) is 0.658. The maximum absolute atomic E-state index is 13.3. The van der Waals surface area contributed by atoms with Crippen LogP contribution in [-0.2, 0) is 6.18 Å². The first-order chi connectivity index (χ1) is 13.8. The van der Waals surface area contributed by atoms with Crippen molar-refractivity contribution in [1.29, 1.82) is 0 Å². The van der Waals surface area contributed by atoms with Gasteiger partial charge < -0.3 is 10.1 Å². The van der Waals surface area contributed by atoms with Gasteiger partial charge in [-0.2, -0.15) is 13.2 Å². The number of fused-ring (bicyclic) bond motifs is 1. The number of pyridine rings is 1. The van der Waals surface area contributed by atoms with Gasteiger partial charge in [-0.15, -0.1) is 11.3 Å². The van der Waals surface area contributed by atoms with Gasteiger partial charge in [-0.1, -0.05) is 12.1 Å². The number of alkyl halides is 3. The highest BCUT2D eigenvalue weighted by Crippen LogP contribution is 2.38. The van der Waals surface area contributed by atoms with E-state index in [1.165, 1.54) is 17.8 Å². The van der Waals surface area contributed by atoms with Crippen molar-refractivity contribution >= 4 is 33.6 Å². The van der Waals surface area contributed by atoms with Crippen molar-refractivity contribution in [2.45, 2.75) is 13.1 Å². The molecule has 2 heterocycles. The molecule has 0 amide bonds. The van der Waals surface area contributed by atoms with Gasteiger partial charge in [0.05, 0.1) is 18.2 Å². The third kappa shape index (κ3) is 3.91. The fourth-order valence-electron chi connectivity index (χ4n) is 3.18. The van der Waals surface area contributed by atoms with Crippen molar-refractivity contribution in [3.05, 3.63) is 71.2 Å². The fourth-order valence-corrected chi connectivity index (χ4v) is 4.07. The van der Waals surface area contributed by atoms with Crippen LogP contribution in [0.3, 0.4) is 0 Å². The second kappa shape index (κ2) is 7.40. The Labute approximate surface area is 169 Å². The Morgan fingerprint density at radius 3 is 2.59 bits per heavy atom. The first-order valence-electron chi connectivity index (χ1n) is 8.82. The van der Waals surface area contributed by atoms with Gasteiger partial charge in [0, 0.05) is 33.9 Å². The number of halogens is 3. The molecular weight excluding hydrogens is 397 g/mol. The van der Waals surface area contributed by atoms with Crippen molar-refractivity contribution < 1.29 is 17.9 Å². The molecule has 0 saturated carbocycles. The Hall–Kier alpha value is -3.06. The second-order valence-corrected chi connectivity index (χ2v) is 7.53. The van der Waals surface area contributed by atoms with Crippen molar-refractivity contribution in [1.82, 2.24) is 4.98 Å². The molecule has 0 spiro atoms. The lowest BCUT2D eigenvalue weighted by Gasteiger charge is -2.14. The van der Waals surface area contributed by atoms with E-state index in [0.717, 1.165) is 22.2 Å². The molecule has 4 rings (SSSR count). The number of benzene rings is 2. The molecule has 2 aromatic carbocycles. The van der Waals surface area contributed by atoms with Gasteiger partial charge in [-0.05, 0) is 53.8 Å². The standard InChI is InChI=1S/C22H17F3N2OS/c1-13-8-20(29-12-13)14-9-15(11-16(10-14)28-2)27-19-6-7-26-21-17(19)4-3-5-18(21)22(23,24)25/h3-12H,1-2H3,(H,26,27). The molecule has 7 heteroatoms. The molecule has 148 valence electrons. The molecule has 0 atom stereocenters. The van der Waals surface area contributed by atoms with E-state index in [-0.39, 0.29) is 5.52 Å². The van der Waals surface area contributed by atoms with Gasteiger partial charge in [0.2, 0.25) is 0 Å². The summed E-state index contributed by atoms with van der Waals surface area (Å²) >= 11 is 1.63. The van der Waals surface area contributed by atoms with Crippen LogP contribution in [0.4, 0.5) is 24.5 Å². The third-order valence-corrected chi connectivity index (χ3v) is 5.61. The molecule has 0 aliphatic heterocycles. The molecule has 0 unspecified atom stereocenters. The molecule has 2 aromatic heterocycles. The number of para-hydroxylation sites is 1. The van der Waals surface area contributed by atoms with Crippen LogP contribution in [-0.4, -0.2) is 12.1 Å². The van der Waals surface area contributed by atoms with E-state index in [4.69, 9.17) is 4.74 Å². The first kappa shape index (κ1) is 19.3. The summed E-state index contributed by atoms with van der Waals surface area (Å²) in [4.78, 5) is 5.05. The molecule has 0 radical (unpaired) electrons. The second-order valence-electron chi connectivity index (χ2n) is 6.62. The molecule has 0 aliphatic carbocycles. The van der Waals surface area contributed by atoms with E-state index in [0.29, 0.717) is 16.8 Å². The van der Waals surface area contributed by atoms with Gasteiger partial charge in [0.25, 0.3) is 0 Å². The van der Waals surface area contributed by atoms with E-state index >= 15 is 0 Å². The van der Waals surface area contributed by atoms with Crippen LogP contribution in [0.2, 0.25) is 0 Å². The zero-order chi connectivity index (χ0) is 20.6. The molecular formula is C22H17F3N2OS. The molecule has 1 N–H and O–H groups in total. The van der Waals surface area contributed by atoms with E-state index in [1.807, 2.05) is 25.1 Å². The van der Waals surface area contributed by atoms with Gasteiger partial charge in [0.1, 0.15) is 5.75 Å². The molecule has 29 heavy (non-hydrogen) atoms. The van der Waals surface area contributed by atoms with E-state index in [1.54, 1.807) is 30.6 Å². The normalized spacial score (nSPS) is 11.6. The number of anilines is 2. The van der Waals surface area contributed by atoms with Crippen molar-refractivity contribution in [2.75, 3.05) is 12.4 Å². The SMILES string of the molecule is COc1cc(Nc2ccnc3c(C(F)(F)F)cccc23)cc(-c2cc(C)cs2)c1. The number of nitrogens with one attached hydrogen (secondary N) is 1. The van der Waals surface area contributed by atoms with Gasteiger partial charge in [0.15, 0.2) is 0 Å². The molecule has 0 saturated heterocycles. The van der Waals surface area contributed by atoms with E-state index < -0.39 is 11.7 Å². The summed E-state index contributed by atoms with van der Waals surface area (Å²) in [6.07, 6.45) is -3.09. The summed E-state index contributed by atoms with van der Waals surface area (Å²) < 4.78 is 45.4. The fraction of sp³-hybridized carbons (Fsp3) is 0.136. The lowest BCUT2D eigenvalue weighted by atomic mass is 10.1. The predicted octanol–water partition coefficient (Wildman–Crippen LogP) is 7.04. The summed E-state index contributed by atoms with van der Waals surface area (Å²) in [5, 5.41) is 5.70. The third-order valence-electron chi connectivity index (χ3n) is 4.51. The topological polar surface area (TPSA) is 34.1 Å². The minimum Gasteiger partial charge on any atom is -0.497 e. The molecule has 4 aromatic rings. The zero-order valence-electron chi connectivity index (χ0n) is 15.7. The number of methoxy groups -OCH3 is 1. The summed E-state index contributed by atoms with van der Waals surface area (Å²) in [6.45, 7) is 2.03. The van der Waals surface area contributed by atoms with Crippen LogP contribution >= 0.6 is 11.3 Å². The number of nitrogens with zero attached hydrogens (tertiary/aromatic N) is 1. The molecule has 3 nitrogen and oxygen atoms in total. The van der Waals surface area contributed by atoms with Crippen LogP contribution < -0.4 is 10.1 Å². The Morgan fingerprint density at radius 2 is 1.90 bits per heavy atom. The minimum absolute atomic E-state index is 0.0815. The average molecular weight is 414 g/mol. The number of hydrogen-bond acceptors (Lipinski definition) is 4. The van der Waals surface area contributed by atoms with Crippen LogP contribution in [0.15, 0.2) is 60.1 Å². The zero-order valence-corrected chi connectivity index (χ0v) is 16.5. The smallest absolute Gasteiger partial charge is 0.418 e. The number of rotatable bonds is 4. The molecule has 0 bridgehead atoms. The highest BCUT2D eigenvalue weighted by atomic mass is 32.1. The summed E-state index contributed by atoms with van der Waals surface area (Å²) in [7, 11) is 1.58. The summed E-state index contributed by atoms with van der Waals surface area (Å²) in [5.41, 5.74) is 2.57. The largest absolute Gasteiger partial charge is 0.497 e. The highest BCUT2D eigenvalue weighted by molar-refractivity contribution is 7.13.